The number of nitrogens with two attached hydrogens (primary N) is 1. The molecule has 2 heterocycles. The number of primary amides is 1. The van der Waals surface area contributed by atoms with Gasteiger partial charge < -0.3 is 11.1 Å². The summed E-state index contributed by atoms with van der Waals surface area (Å²) in [6.07, 6.45) is 0.704. The van der Waals surface area contributed by atoms with Crippen LogP contribution in [0.1, 0.15) is 25.8 Å². The van der Waals surface area contributed by atoms with Gasteiger partial charge in [0.15, 0.2) is 0 Å². The molecule has 2 aliphatic rings. The molecule has 0 saturated carbocycles. The quantitative estimate of drug-likeness (QED) is 0.838. The van der Waals surface area contributed by atoms with Gasteiger partial charge in [-0.15, -0.1) is 0 Å². The fraction of sp³-hybridized carbons (Fsp3) is 0.467. The standard InChI is InChI=1S/C15H19N3O2/c1-14(2)15(7-8-18(14)9-12(16)19)10-5-3-4-6-11(10)17-13(15)20/h3-6H,7-9H2,1-2H3,(H2,16,19)(H,17,20). The number of nitrogens with one attached hydrogen (secondary N) is 1. The highest BCUT2D eigenvalue weighted by Crippen LogP contribution is 2.53. The van der Waals surface area contributed by atoms with E-state index in [1.54, 1.807) is 0 Å². The highest BCUT2D eigenvalue weighted by atomic mass is 16.2. The number of para-hydroxylation sites is 1. The van der Waals surface area contributed by atoms with E-state index in [2.05, 4.69) is 5.32 Å². The molecular weight excluding hydrogens is 254 g/mol. The smallest absolute Gasteiger partial charge is 0.237 e. The van der Waals surface area contributed by atoms with Crippen LogP contribution in [0.2, 0.25) is 0 Å². The molecule has 106 valence electrons. The number of nitrogens with zero attached hydrogens (tertiary/aromatic N) is 1. The predicted octanol–water partition coefficient (Wildman–Crippen LogP) is 0.846. The molecule has 2 aliphatic heterocycles. The number of anilines is 1. The van der Waals surface area contributed by atoms with E-state index in [0.29, 0.717) is 13.0 Å². The van der Waals surface area contributed by atoms with Gasteiger partial charge in [-0.3, -0.25) is 14.5 Å². The number of carbonyl (C=O) groups excluding carboxylic acids is 2. The Hall–Kier alpha value is -1.88. The molecule has 0 radical (unpaired) electrons. The molecule has 1 unspecified atom stereocenters. The number of hydrogen-bond acceptors (Lipinski definition) is 3. The second kappa shape index (κ2) is 4.06. The van der Waals surface area contributed by atoms with Gasteiger partial charge >= 0.3 is 0 Å². The average Bonchev–Trinajstić information content (AvgIpc) is 2.80. The fourth-order valence-electron chi connectivity index (χ4n) is 3.79. The van der Waals surface area contributed by atoms with Crippen molar-refractivity contribution in [2.24, 2.45) is 5.73 Å². The highest BCUT2D eigenvalue weighted by Gasteiger charge is 2.62. The van der Waals surface area contributed by atoms with E-state index in [0.717, 1.165) is 11.3 Å². The van der Waals surface area contributed by atoms with Gasteiger partial charge in [-0.2, -0.15) is 0 Å². The summed E-state index contributed by atoms with van der Waals surface area (Å²) in [5.74, 6) is -0.336. The van der Waals surface area contributed by atoms with Gasteiger partial charge in [-0.05, 0) is 31.9 Å². The van der Waals surface area contributed by atoms with Crippen LogP contribution in [0.15, 0.2) is 24.3 Å². The van der Waals surface area contributed by atoms with E-state index >= 15 is 0 Å². The Kier molecular flexibility index (Phi) is 2.66. The lowest BCUT2D eigenvalue weighted by Gasteiger charge is -2.41. The lowest BCUT2D eigenvalue weighted by atomic mass is 9.68. The molecule has 0 aromatic heterocycles. The first-order valence-electron chi connectivity index (χ1n) is 6.84. The Balaban J connectivity index is 2.10. The van der Waals surface area contributed by atoms with Crippen molar-refractivity contribution in [1.82, 2.24) is 4.90 Å². The zero-order valence-corrected chi connectivity index (χ0v) is 11.8. The molecule has 1 saturated heterocycles. The van der Waals surface area contributed by atoms with Gasteiger partial charge in [-0.25, -0.2) is 0 Å². The molecule has 1 aromatic carbocycles. The van der Waals surface area contributed by atoms with Gasteiger partial charge in [-0.1, -0.05) is 18.2 Å². The number of likely N-dealkylation sites (tertiary alicyclic amines) is 1. The highest BCUT2D eigenvalue weighted by molar-refractivity contribution is 6.07. The molecule has 2 amide bonds. The summed E-state index contributed by atoms with van der Waals surface area (Å²) < 4.78 is 0. The van der Waals surface area contributed by atoms with E-state index in [1.165, 1.54) is 0 Å². The molecule has 0 aliphatic carbocycles. The van der Waals surface area contributed by atoms with Crippen LogP contribution >= 0.6 is 0 Å². The maximum absolute atomic E-state index is 12.6. The third-order valence-electron chi connectivity index (χ3n) is 4.96. The summed E-state index contributed by atoms with van der Waals surface area (Å²) in [4.78, 5) is 25.9. The first-order valence-corrected chi connectivity index (χ1v) is 6.84. The zero-order chi connectivity index (χ0) is 14.5. The van der Waals surface area contributed by atoms with Crippen molar-refractivity contribution in [3.8, 4) is 0 Å². The number of hydrogen-bond donors (Lipinski definition) is 2. The van der Waals surface area contributed by atoms with Crippen molar-refractivity contribution >= 4 is 17.5 Å². The molecule has 1 spiro atoms. The number of fused-ring (bicyclic) bond motifs is 2. The summed E-state index contributed by atoms with van der Waals surface area (Å²) in [7, 11) is 0. The molecule has 1 fully saturated rings. The number of benzene rings is 1. The molecule has 3 rings (SSSR count). The summed E-state index contributed by atoms with van der Waals surface area (Å²) in [6.45, 7) is 4.91. The second-order valence-electron chi connectivity index (χ2n) is 6.10. The zero-order valence-electron chi connectivity index (χ0n) is 11.8. The van der Waals surface area contributed by atoms with E-state index < -0.39 is 11.0 Å². The van der Waals surface area contributed by atoms with Crippen LogP contribution < -0.4 is 11.1 Å². The molecule has 20 heavy (non-hydrogen) atoms. The van der Waals surface area contributed by atoms with E-state index in [4.69, 9.17) is 5.73 Å². The molecule has 5 heteroatoms. The monoisotopic (exact) mass is 273 g/mol. The molecule has 1 atom stereocenters. The minimum atomic E-state index is -0.598. The Morgan fingerprint density at radius 3 is 2.80 bits per heavy atom. The maximum Gasteiger partial charge on any atom is 0.237 e. The van der Waals surface area contributed by atoms with Crippen LogP contribution in [0.3, 0.4) is 0 Å². The van der Waals surface area contributed by atoms with Crippen molar-refractivity contribution in [1.29, 1.82) is 0 Å². The second-order valence-corrected chi connectivity index (χ2v) is 6.10. The Bertz CT molecular complexity index is 597. The number of carbonyl (C=O) groups is 2. The van der Waals surface area contributed by atoms with E-state index in [-0.39, 0.29) is 18.4 Å². The number of rotatable bonds is 2. The summed E-state index contributed by atoms with van der Waals surface area (Å²) in [5, 5.41) is 2.98. The predicted molar refractivity (Wildman–Crippen MR) is 76.2 cm³/mol. The largest absolute Gasteiger partial charge is 0.369 e. The van der Waals surface area contributed by atoms with Crippen molar-refractivity contribution in [3.05, 3.63) is 29.8 Å². The Morgan fingerprint density at radius 2 is 2.10 bits per heavy atom. The minimum Gasteiger partial charge on any atom is -0.369 e. The summed E-state index contributed by atoms with van der Waals surface area (Å²) in [6, 6.07) is 7.80. The molecule has 3 N–H and O–H groups in total. The first kappa shape index (κ1) is 13.1. The average molecular weight is 273 g/mol. The van der Waals surface area contributed by atoms with Crippen LogP contribution in [0.25, 0.3) is 0 Å². The van der Waals surface area contributed by atoms with Crippen LogP contribution in [0.5, 0.6) is 0 Å². The first-order chi connectivity index (χ1) is 9.39. The van der Waals surface area contributed by atoms with E-state index in [1.807, 2.05) is 43.0 Å². The van der Waals surface area contributed by atoms with Crippen LogP contribution in [-0.4, -0.2) is 35.3 Å². The lowest BCUT2D eigenvalue weighted by molar-refractivity contribution is -0.125. The molecule has 5 nitrogen and oxygen atoms in total. The van der Waals surface area contributed by atoms with Gasteiger partial charge in [0.25, 0.3) is 0 Å². The topological polar surface area (TPSA) is 75.4 Å². The summed E-state index contributed by atoms with van der Waals surface area (Å²) in [5.41, 5.74) is 6.20. The number of amides is 2. The van der Waals surface area contributed by atoms with Gasteiger partial charge in [0.1, 0.15) is 0 Å². The lowest BCUT2D eigenvalue weighted by Crippen LogP contribution is -2.56. The fourth-order valence-corrected chi connectivity index (χ4v) is 3.79. The summed E-state index contributed by atoms with van der Waals surface area (Å²) >= 11 is 0. The van der Waals surface area contributed by atoms with Crippen LogP contribution in [0, 0.1) is 0 Å². The van der Waals surface area contributed by atoms with Gasteiger partial charge in [0, 0.05) is 17.8 Å². The third-order valence-corrected chi connectivity index (χ3v) is 4.96. The Labute approximate surface area is 118 Å². The van der Waals surface area contributed by atoms with Crippen LogP contribution in [-0.2, 0) is 15.0 Å². The molecule has 0 bridgehead atoms. The van der Waals surface area contributed by atoms with Crippen molar-refractivity contribution in [3.63, 3.8) is 0 Å². The molecular formula is C15H19N3O2. The van der Waals surface area contributed by atoms with Crippen LogP contribution in [0.4, 0.5) is 5.69 Å². The van der Waals surface area contributed by atoms with Crippen molar-refractivity contribution in [2.75, 3.05) is 18.4 Å². The van der Waals surface area contributed by atoms with Gasteiger partial charge in [0.05, 0.1) is 12.0 Å². The Morgan fingerprint density at radius 1 is 1.40 bits per heavy atom. The van der Waals surface area contributed by atoms with E-state index in [9.17, 15) is 9.59 Å². The minimum absolute atomic E-state index is 0.0238. The maximum atomic E-state index is 12.6. The SMILES string of the molecule is CC1(C)N(CC(N)=O)CCC12C(=O)Nc1ccccc12. The normalized spacial score (nSPS) is 27.6. The van der Waals surface area contributed by atoms with Crippen molar-refractivity contribution < 1.29 is 9.59 Å². The molecule has 1 aromatic rings. The third kappa shape index (κ3) is 1.47. The van der Waals surface area contributed by atoms with Crippen molar-refractivity contribution in [2.45, 2.75) is 31.2 Å². The van der Waals surface area contributed by atoms with Gasteiger partial charge in [0.2, 0.25) is 11.8 Å².